The lowest BCUT2D eigenvalue weighted by Crippen LogP contribution is -2.39. The van der Waals surface area contributed by atoms with E-state index in [0.717, 1.165) is 36.1 Å². The van der Waals surface area contributed by atoms with Gasteiger partial charge in [-0.1, -0.05) is 0 Å². The Labute approximate surface area is 131 Å². The quantitative estimate of drug-likeness (QED) is 0.819. The molecule has 0 saturated carbocycles. The number of nitrogens with one attached hydrogen (secondary N) is 1. The summed E-state index contributed by atoms with van der Waals surface area (Å²) in [7, 11) is 0. The van der Waals surface area contributed by atoms with Gasteiger partial charge in [-0.2, -0.15) is 5.10 Å². The van der Waals surface area contributed by atoms with Gasteiger partial charge in [0.1, 0.15) is 0 Å². The number of nitrogen functional groups attached to an aromatic ring is 1. The monoisotopic (exact) mass is 348 g/mol. The number of H-pyrrole nitrogens is 1. The minimum absolute atomic E-state index is 0.0402. The number of amides is 1. The molecule has 1 aliphatic heterocycles. The highest BCUT2D eigenvalue weighted by molar-refractivity contribution is 9.10. The smallest absolute Gasteiger partial charge is 0.253 e. The van der Waals surface area contributed by atoms with Gasteiger partial charge in [-0.3, -0.25) is 9.89 Å². The maximum atomic E-state index is 12.6. The first-order chi connectivity index (χ1) is 10.1. The average Bonchev–Trinajstić information content (AvgIpc) is 3.04. The van der Waals surface area contributed by atoms with E-state index in [4.69, 9.17) is 5.73 Å². The second-order valence-corrected chi connectivity index (χ2v) is 6.19. The summed E-state index contributed by atoms with van der Waals surface area (Å²) in [6.45, 7) is 1.51. The fourth-order valence-electron chi connectivity index (χ4n) is 2.77. The summed E-state index contributed by atoms with van der Waals surface area (Å²) in [5.74, 6) is 0.372. The first kappa shape index (κ1) is 14.1. The Morgan fingerprint density at radius 1 is 1.43 bits per heavy atom. The third-order valence-electron chi connectivity index (χ3n) is 3.91. The summed E-state index contributed by atoms with van der Waals surface area (Å²) in [6.07, 6.45) is 3.83. The van der Waals surface area contributed by atoms with Crippen molar-refractivity contribution in [2.45, 2.75) is 18.8 Å². The Morgan fingerprint density at radius 3 is 3.00 bits per heavy atom. The second kappa shape index (κ2) is 5.89. The number of hydrogen-bond acceptors (Lipinski definition) is 3. The molecule has 3 rings (SSSR count). The van der Waals surface area contributed by atoms with E-state index < -0.39 is 0 Å². The molecule has 1 atom stereocenters. The van der Waals surface area contributed by atoms with Crippen LogP contribution < -0.4 is 5.73 Å². The lowest BCUT2D eigenvalue weighted by Gasteiger charge is -2.32. The molecule has 21 heavy (non-hydrogen) atoms. The Balaban J connectivity index is 1.76. The molecule has 0 spiro atoms. The van der Waals surface area contributed by atoms with Crippen LogP contribution in [0.5, 0.6) is 0 Å². The lowest BCUT2D eigenvalue weighted by molar-refractivity contribution is 0.0706. The van der Waals surface area contributed by atoms with E-state index in [1.807, 2.05) is 23.1 Å². The van der Waals surface area contributed by atoms with Gasteiger partial charge >= 0.3 is 0 Å². The molecular weight excluding hydrogens is 332 g/mol. The number of carbonyl (C=O) groups excluding carboxylic acids is 1. The van der Waals surface area contributed by atoms with E-state index in [1.165, 1.54) is 0 Å². The van der Waals surface area contributed by atoms with Crippen molar-refractivity contribution in [3.8, 4) is 0 Å². The van der Waals surface area contributed by atoms with Crippen LogP contribution in [0.1, 0.15) is 34.8 Å². The molecule has 1 amide bonds. The number of likely N-dealkylation sites (tertiary alicyclic amines) is 1. The van der Waals surface area contributed by atoms with Crippen LogP contribution in [0.3, 0.4) is 0 Å². The molecule has 1 fully saturated rings. The van der Waals surface area contributed by atoms with Gasteiger partial charge in [0.2, 0.25) is 0 Å². The third-order valence-corrected chi connectivity index (χ3v) is 4.64. The number of anilines is 1. The SMILES string of the molecule is Nc1cc(C(=O)N2CCCC(c3ccn[nH]3)C2)ccc1Br. The minimum Gasteiger partial charge on any atom is -0.398 e. The molecule has 1 unspecified atom stereocenters. The Kier molecular flexibility index (Phi) is 3.96. The van der Waals surface area contributed by atoms with Gasteiger partial charge in [0.05, 0.1) is 0 Å². The summed E-state index contributed by atoms with van der Waals surface area (Å²) in [5.41, 5.74) is 8.19. The molecular formula is C15H17BrN4O. The van der Waals surface area contributed by atoms with Crippen LogP contribution in [0.4, 0.5) is 5.69 Å². The zero-order valence-corrected chi connectivity index (χ0v) is 13.1. The second-order valence-electron chi connectivity index (χ2n) is 5.34. The van der Waals surface area contributed by atoms with Crippen molar-refractivity contribution < 1.29 is 4.79 Å². The Hall–Kier alpha value is -1.82. The number of rotatable bonds is 2. The van der Waals surface area contributed by atoms with Crippen LogP contribution in [-0.4, -0.2) is 34.1 Å². The van der Waals surface area contributed by atoms with Crippen molar-refractivity contribution in [2.24, 2.45) is 0 Å². The molecule has 1 aliphatic rings. The van der Waals surface area contributed by atoms with Crippen LogP contribution in [0.25, 0.3) is 0 Å². The summed E-state index contributed by atoms with van der Waals surface area (Å²) >= 11 is 3.35. The van der Waals surface area contributed by atoms with Crippen molar-refractivity contribution in [2.75, 3.05) is 18.8 Å². The van der Waals surface area contributed by atoms with Crippen LogP contribution in [-0.2, 0) is 0 Å². The van der Waals surface area contributed by atoms with Gasteiger partial charge in [-0.05, 0) is 53.0 Å². The van der Waals surface area contributed by atoms with Gasteiger partial charge in [-0.25, -0.2) is 0 Å². The highest BCUT2D eigenvalue weighted by Gasteiger charge is 2.26. The van der Waals surface area contributed by atoms with E-state index in [9.17, 15) is 4.79 Å². The number of aromatic amines is 1. The predicted octanol–water partition coefficient (Wildman–Crippen LogP) is 2.77. The zero-order chi connectivity index (χ0) is 14.8. The molecule has 0 aliphatic carbocycles. The average molecular weight is 349 g/mol. The van der Waals surface area contributed by atoms with Crippen LogP contribution in [0.15, 0.2) is 34.9 Å². The molecule has 5 nitrogen and oxygen atoms in total. The summed E-state index contributed by atoms with van der Waals surface area (Å²) in [5, 5.41) is 7.01. The van der Waals surface area contributed by atoms with Gasteiger partial charge in [-0.15, -0.1) is 0 Å². The number of piperidine rings is 1. The molecule has 110 valence electrons. The molecule has 3 N–H and O–H groups in total. The first-order valence-corrected chi connectivity index (χ1v) is 7.78. The Bertz CT molecular complexity index is 641. The minimum atomic E-state index is 0.0402. The van der Waals surface area contributed by atoms with Crippen molar-refractivity contribution >= 4 is 27.5 Å². The van der Waals surface area contributed by atoms with Crippen molar-refractivity contribution in [3.63, 3.8) is 0 Å². The normalized spacial score (nSPS) is 18.7. The van der Waals surface area contributed by atoms with Crippen molar-refractivity contribution in [1.82, 2.24) is 15.1 Å². The van der Waals surface area contributed by atoms with Crippen molar-refractivity contribution in [3.05, 3.63) is 46.2 Å². The topological polar surface area (TPSA) is 75.0 Å². The van der Waals surface area contributed by atoms with Crippen LogP contribution in [0, 0.1) is 0 Å². The maximum Gasteiger partial charge on any atom is 0.253 e. The van der Waals surface area contributed by atoms with Gasteiger partial charge in [0, 0.05) is 46.6 Å². The molecule has 1 saturated heterocycles. The van der Waals surface area contributed by atoms with E-state index in [1.54, 1.807) is 12.3 Å². The van der Waals surface area contributed by atoms with E-state index >= 15 is 0 Å². The number of hydrogen-bond donors (Lipinski definition) is 2. The number of aromatic nitrogens is 2. The highest BCUT2D eigenvalue weighted by atomic mass is 79.9. The molecule has 1 aromatic carbocycles. The third kappa shape index (κ3) is 2.95. The van der Waals surface area contributed by atoms with E-state index in [0.29, 0.717) is 17.2 Å². The van der Waals surface area contributed by atoms with Crippen LogP contribution >= 0.6 is 15.9 Å². The first-order valence-electron chi connectivity index (χ1n) is 6.98. The van der Waals surface area contributed by atoms with Gasteiger partial charge in [0.25, 0.3) is 5.91 Å². The van der Waals surface area contributed by atoms with Gasteiger partial charge in [0.15, 0.2) is 0 Å². The molecule has 6 heteroatoms. The number of nitrogens with zero attached hydrogens (tertiary/aromatic N) is 2. The molecule has 0 radical (unpaired) electrons. The summed E-state index contributed by atoms with van der Waals surface area (Å²) in [6, 6.07) is 7.34. The van der Waals surface area contributed by atoms with Crippen LogP contribution in [0.2, 0.25) is 0 Å². The summed E-state index contributed by atoms with van der Waals surface area (Å²) < 4.78 is 0.813. The standard InChI is InChI=1S/C15H17BrN4O/c16-12-4-3-10(8-13(12)17)15(21)20-7-1-2-11(9-20)14-5-6-18-19-14/h3-6,8,11H,1-2,7,9,17H2,(H,18,19). The van der Waals surface area contributed by atoms with E-state index in [-0.39, 0.29) is 5.91 Å². The molecule has 0 bridgehead atoms. The number of nitrogens with two attached hydrogens (primary N) is 1. The number of carbonyl (C=O) groups is 1. The maximum absolute atomic E-state index is 12.6. The fourth-order valence-corrected chi connectivity index (χ4v) is 3.02. The summed E-state index contributed by atoms with van der Waals surface area (Å²) in [4.78, 5) is 14.5. The number of halogens is 1. The lowest BCUT2D eigenvalue weighted by atomic mass is 9.94. The molecule has 2 heterocycles. The highest BCUT2D eigenvalue weighted by Crippen LogP contribution is 2.27. The largest absolute Gasteiger partial charge is 0.398 e. The zero-order valence-electron chi connectivity index (χ0n) is 11.6. The molecule has 2 aromatic rings. The van der Waals surface area contributed by atoms with E-state index in [2.05, 4.69) is 26.1 Å². The van der Waals surface area contributed by atoms with Gasteiger partial charge < -0.3 is 10.6 Å². The number of benzene rings is 1. The fraction of sp³-hybridized carbons (Fsp3) is 0.333. The molecule has 1 aromatic heterocycles. The Morgan fingerprint density at radius 2 is 2.29 bits per heavy atom. The predicted molar refractivity (Wildman–Crippen MR) is 85.0 cm³/mol. The van der Waals surface area contributed by atoms with Crippen molar-refractivity contribution in [1.29, 1.82) is 0 Å².